The molecule has 2 spiro atoms. The molecule has 7 fully saturated rings. The Morgan fingerprint density at radius 3 is 2.30 bits per heavy atom. The van der Waals surface area contributed by atoms with Crippen molar-refractivity contribution in [2.75, 3.05) is 6.61 Å². The van der Waals surface area contributed by atoms with Gasteiger partial charge in [0, 0.05) is 18.8 Å². The van der Waals surface area contributed by atoms with Gasteiger partial charge in [0.15, 0.2) is 5.60 Å². The van der Waals surface area contributed by atoms with Gasteiger partial charge in [-0.1, -0.05) is 77.2 Å². The smallest absolute Gasteiger partial charge is 0.338 e. The molecule has 3 aliphatic carbocycles. The minimum absolute atomic E-state index is 0.275. The van der Waals surface area contributed by atoms with E-state index in [1.54, 1.807) is 24.3 Å². The highest BCUT2D eigenvalue weighted by Crippen LogP contribution is 2.75. The van der Waals surface area contributed by atoms with E-state index in [2.05, 4.69) is 13.5 Å². The van der Waals surface area contributed by atoms with Gasteiger partial charge >= 0.3 is 17.9 Å². The van der Waals surface area contributed by atoms with E-state index in [0.29, 0.717) is 24.8 Å². The molecule has 3 N–H and O–H groups in total. The molecule has 7 aliphatic rings. The van der Waals surface area contributed by atoms with Crippen LogP contribution in [0.3, 0.4) is 0 Å². The molecule has 3 bridgehead atoms. The van der Waals surface area contributed by atoms with Gasteiger partial charge in [-0.2, -0.15) is 0 Å². The highest BCUT2D eigenvalue weighted by molar-refractivity contribution is 5.89. The first-order chi connectivity index (χ1) is 23.8. The average Bonchev–Trinajstić information content (AvgIpc) is 3.72. The van der Waals surface area contributed by atoms with Crippen molar-refractivity contribution in [1.82, 2.24) is 0 Å². The molecule has 0 radical (unpaired) electrons. The van der Waals surface area contributed by atoms with Crippen molar-refractivity contribution >= 4 is 11.9 Å². The summed E-state index contributed by atoms with van der Waals surface area (Å²) in [6.07, 6.45) is 1.69. The fraction of sp³-hybridized carbons (Fsp3) is 0.744. The van der Waals surface area contributed by atoms with Gasteiger partial charge in [0.1, 0.15) is 48.3 Å². The number of hydrogen-bond acceptors (Lipinski definition) is 11. The molecular formula is C39H52O11. The van der Waals surface area contributed by atoms with E-state index >= 15 is 0 Å². The Labute approximate surface area is 293 Å². The normalized spacial score (nSPS) is 50.4. The quantitative estimate of drug-likeness (QED) is 0.231. The number of esters is 2. The van der Waals surface area contributed by atoms with Gasteiger partial charge in [0.2, 0.25) is 0 Å². The van der Waals surface area contributed by atoms with E-state index in [9.17, 15) is 24.9 Å². The number of hydrogen-bond donors (Lipinski definition) is 3. The second-order valence-electron chi connectivity index (χ2n) is 16.5. The number of rotatable bonds is 5. The minimum atomic E-state index is -2.12. The van der Waals surface area contributed by atoms with Gasteiger partial charge in [-0.15, -0.1) is 0 Å². The van der Waals surface area contributed by atoms with E-state index in [1.807, 2.05) is 19.9 Å². The maximum Gasteiger partial charge on any atom is 0.338 e. The molecular weight excluding hydrogens is 644 g/mol. The van der Waals surface area contributed by atoms with Gasteiger partial charge in [0.25, 0.3) is 0 Å². The van der Waals surface area contributed by atoms with Crippen LogP contribution in [0.15, 0.2) is 42.5 Å². The number of ether oxygens (including phenoxy) is 6. The summed E-state index contributed by atoms with van der Waals surface area (Å²) < 4.78 is 39.6. The molecule has 1 aromatic carbocycles. The molecule has 15 unspecified atom stereocenters. The Balaban J connectivity index is 1.35. The van der Waals surface area contributed by atoms with Crippen LogP contribution in [0, 0.1) is 29.6 Å². The lowest BCUT2D eigenvalue weighted by Gasteiger charge is -2.61. The fourth-order valence-corrected chi connectivity index (χ4v) is 11.5. The fourth-order valence-electron chi connectivity index (χ4n) is 11.5. The third-order valence-electron chi connectivity index (χ3n) is 13.8. The molecule has 11 nitrogen and oxygen atoms in total. The van der Waals surface area contributed by atoms with Crippen LogP contribution in [0.4, 0.5) is 0 Å². The Hall–Kier alpha value is -2.38. The zero-order chi connectivity index (χ0) is 35.4. The monoisotopic (exact) mass is 696 g/mol. The van der Waals surface area contributed by atoms with Crippen molar-refractivity contribution < 1.29 is 53.3 Å². The summed E-state index contributed by atoms with van der Waals surface area (Å²) in [6.45, 7) is 11.3. The van der Waals surface area contributed by atoms with Crippen molar-refractivity contribution in [2.24, 2.45) is 29.6 Å². The maximum absolute atomic E-state index is 13.8. The zero-order valence-corrected chi connectivity index (χ0v) is 29.5. The summed E-state index contributed by atoms with van der Waals surface area (Å²) in [5.74, 6) is -5.46. The lowest BCUT2D eigenvalue weighted by Crippen LogP contribution is -2.74. The third-order valence-corrected chi connectivity index (χ3v) is 13.8. The first-order valence-corrected chi connectivity index (χ1v) is 18.7. The van der Waals surface area contributed by atoms with Crippen LogP contribution in [0.1, 0.15) is 95.8 Å². The van der Waals surface area contributed by atoms with Gasteiger partial charge in [-0.25, -0.2) is 4.79 Å². The van der Waals surface area contributed by atoms with Crippen LogP contribution in [0.5, 0.6) is 0 Å². The number of epoxide rings is 1. The van der Waals surface area contributed by atoms with Crippen LogP contribution in [-0.4, -0.2) is 92.8 Å². The van der Waals surface area contributed by atoms with Gasteiger partial charge in [0.05, 0.1) is 11.2 Å². The third kappa shape index (κ3) is 4.53. The Kier molecular flexibility index (Phi) is 8.20. The number of benzene rings is 1. The molecule has 4 heterocycles. The van der Waals surface area contributed by atoms with E-state index in [-0.39, 0.29) is 18.4 Å². The second kappa shape index (κ2) is 11.8. The largest absolute Gasteiger partial charge is 0.463 e. The Morgan fingerprint density at radius 1 is 0.940 bits per heavy atom. The van der Waals surface area contributed by atoms with Gasteiger partial charge in [-0.05, 0) is 61.6 Å². The molecule has 0 aromatic heterocycles. The number of carbonyl (C=O) groups is 2. The van der Waals surface area contributed by atoms with E-state index in [1.165, 1.54) is 6.92 Å². The highest BCUT2D eigenvalue weighted by Gasteiger charge is 2.90. The molecule has 15 atom stereocenters. The van der Waals surface area contributed by atoms with E-state index in [0.717, 1.165) is 44.1 Å². The maximum atomic E-state index is 13.8. The summed E-state index contributed by atoms with van der Waals surface area (Å²) in [6, 6.07) is 8.62. The average molecular weight is 697 g/mol. The van der Waals surface area contributed by atoms with Crippen molar-refractivity contribution in [1.29, 1.82) is 0 Å². The van der Waals surface area contributed by atoms with E-state index in [4.69, 9.17) is 28.4 Å². The van der Waals surface area contributed by atoms with Crippen molar-refractivity contribution in [3.05, 3.63) is 48.0 Å². The minimum Gasteiger partial charge on any atom is -0.463 e. The molecule has 1 aromatic rings. The van der Waals surface area contributed by atoms with Crippen molar-refractivity contribution in [3.63, 3.8) is 0 Å². The second-order valence-corrected chi connectivity index (χ2v) is 16.5. The molecule has 4 saturated heterocycles. The zero-order valence-electron chi connectivity index (χ0n) is 29.5. The van der Waals surface area contributed by atoms with Crippen molar-refractivity contribution in [3.8, 4) is 0 Å². The summed E-state index contributed by atoms with van der Waals surface area (Å²) in [5, 5.41) is 38.4. The van der Waals surface area contributed by atoms with Crippen LogP contribution < -0.4 is 0 Å². The molecule has 0 amide bonds. The first kappa shape index (κ1) is 34.7. The predicted octanol–water partition coefficient (Wildman–Crippen LogP) is 4.20. The summed E-state index contributed by atoms with van der Waals surface area (Å²) >= 11 is 0. The number of aliphatic hydroxyl groups is 3. The first-order valence-electron chi connectivity index (χ1n) is 18.7. The van der Waals surface area contributed by atoms with Crippen LogP contribution in [-0.2, 0) is 33.2 Å². The topological polar surface area (TPSA) is 154 Å². The Bertz CT molecular complexity index is 1530. The molecule has 50 heavy (non-hydrogen) atoms. The molecule has 4 aliphatic heterocycles. The molecule has 274 valence electrons. The highest BCUT2D eigenvalue weighted by atomic mass is 16.9. The predicted molar refractivity (Wildman–Crippen MR) is 177 cm³/mol. The lowest BCUT2D eigenvalue weighted by atomic mass is 9.52. The van der Waals surface area contributed by atoms with Crippen LogP contribution in [0.2, 0.25) is 0 Å². The molecule has 11 heteroatoms. The number of aliphatic hydroxyl groups excluding tert-OH is 2. The summed E-state index contributed by atoms with van der Waals surface area (Å²) in [5.41, 5.74) is -4.95. The summed E-state index contributed by atoms with van der Waals surface area (Å²) in [4.78, 5) is 26.1. The number of fused-ring (bicyclic) bond motifs is 1. The summed E-state index contributed by atoms with van der Waals surface area (Å²) in [7, 11) is 0. The lowest BCUT2D eigenvalue weighted by molar-refractivity contribution is -0.458. The van der Waals surface area contributed by atoms with Crippen molar-refractivity contribution in [2.45, 2.75) is 144 Å². The van der Waals surface area contributed by atoms with Crippen LogP contribution >= 0.6 is 0 Å². The van der Waals surface area contributed by atoms with Gasteiger partial charge < -0.3 is 43.7 Å². The molecule has 3 saturated carbocycles. The standard InChI is InChI=1S/C39H52O11/c1-21(2)35-19-22(3)38-28-31(35)48-39(49-35,50-38)27(41)18-14-9-7-6-8-13-17-26-23(4)30(46-33(42)25-15-11-10-12-16-25)37(44,29(26)38)34(43)36(32(28)47-36)20-45-24(5)40/h10-12,15-16,22-23,26-32,34,41,43-44H,1,6-9,13-14,17-20H2,2-5H3. The number of carbonyl (C=O) groups excluding carboxylic acids is 2. The van der Waals surface area contributed by atoms with Crippen LogP contribution in [0.25, 0.3) is 0 Å². The molecule has 8 rings (SSSR count). The van der Waals surface area contributed by atoms with Gasteiger partial charge in [-0.3, -0.25) is 4.79 Å². The Morgan fingerprint density at radius 2 is 1.62 bits per heavy atom. The SMILES string of the molecule is C=C(C)C12CC(C)C34OC5(OC1C3C1OC1(COC(C)=O)C(O)C1(O)C(OC(=O)c3ccccc3)C(C)C(CCCCCCCCC5O)C14)O2. The van der Waals surface area contributed by atoms with E-state index < -0.39 is 88.6 Å².